The third-order valence-corrected chi connectivity index (χ3v) is 3.83. The summed E-state index contributed by atoms with van der Waals surface area (Å²) in [6, 6.07) is 8.51. The predicted molar refractivity (Wildman–Crippen MR) is 96.7 cm³/mol. The van der Waals surface area contributed by atoms with Gasteiger partial charge in [-0.1, -0.05) is 44.5 Å². The van der Waals surface area contributed by atoms with Gasteiger partial charge in [0.05, 0.1) is 18.1 Å². The molecule has 2 rings (SSSR count). The van der Waals surface area contributed by atoms with Crippen molar-refractivity contribution in [2.75, 3.05) is 18.8 Å². The van der Waals surface area contributed by atoms with Crippen LogP contribution in [0.4, 0.5) is 5.95 Å². The first-order valence-corrected chi connectivity index (χ1v) is 8.29. The minimum atomic E-state index is 0.407. The van der Waals surface area contributed by atoms with Crippen LogP contribution in [0.5, 0.6) is 0 Å². The largest absolute Gasteiger partial charge is 0.368 e. The monoisotopic (exact) mass is 313 g/mol. The molecule has 1 aromatic carbocycles. The summed E-state index contributed by atoms with van der Waals surface area (Å²) < 4.78 is 1.59. The Morgan fingerprint density at radius 3 is 2.57 bits per heavy atom. The number of nitrogens with two attached hydrogens (primary N) is 1. The van der Waals surface area contributed by atoms with Gasteiger partial charge in [0.2, 0.25) is 5.95 Å². The average molecular weight is 313 g/mol. The summed E-state index contributed by atoms with van der Waals surface area (Å²) in [6.07, 6.45) is 6.11. The molecule has 0 aliphatic rings. The summed E-state index contributed by atoms with van der Waals surface area (Å²) in [5, 5.41) is 4.34. The van der Waals surface area contributed by atoms with Gasteiger partial charge in [-0.2, -0.15) is 5.10 Å². The number of hydrogen-bond donors (Lipinski definition) is 1. The Morgan fingerprint density at radius 2 is 2.00 bits per heavy atom. The first-order chi connectivity index (χ1) is 11.1. The normalized spacial score (nSPS) is 11.7. The van der Waals surface area contributed by atoms with E-state index in [-0.39, 0.29) is 0 Å². The third kappa shape index (κ3) is 5.21. The van der Waals surface area contributed by atoms with Crippen LogP contribution >= 0.6 is 0 Å². The number of imidazole rings is 1. The van der Waals surface area contributed by atoms with Gasteiger partial charge in [-0.25, -0.2) is 9.66 Å². The number of anilines is 1. The van der Waals surface area contributed by atoms with Crippen LogP contribution in [0.15, 0.2) is 35.6 Å². The molecule has 0 aliphatic carbocycles. The molecule has 1 aromatic heterocycles. The van der Waals surface area contributed by atoms with Gasteiger partial charge in [0, 0.05) is 6.54 Å². The minimum Gasteiger partial charge on any atom is -0.368 e. The number of aryl methyl sites for hydroxylation is 1. The lowest BCUT2D eigenvalue weighted by atomic mass is 10.1. The van der Waals surface area contributed by atoms with Crippen LogP contribution in [-0.4, -0.2) is 33.9 Å². The van der Waals surface area contributed by atoms with E-state index in [0.29, 0.717) is 5.95 Å². The fourth-order valence-corrected chi connectivity index (χ4v) is 2.42. The van der Waals surface area contributed by atoms with Gasteiger partial charge in [0.1, 0.15) is 0 Å². The predicted octanol–water partition coefficient (Wildman–Crippen LogP) is 3.28. The Hall–Kier alpha value is -2.14. The Balaban J connectivity index is 1.97. The van der Waals surface area contributed by atoms with E-state index < -0.39 is 0 Å². The number of hydrogen-bond acceptors (Lipinski definition) is 4. The Bertz CT molecular complexity index is 627. The molecule has 0 fully saturated rings. The summed E-state index contributed by atoms with van der Waals surface area (Å²) >= 11 is 0. The number of aromatic nitrogens is 2. The minimum absolute atomic E-state index is 0.407. The van der Waals surface area contributed by atoms with Crippen LogP contribution in [0.25, 0.3) is 0 Å². The number of unbranched alkanes of at least 4 members (excludes halogenated alkanes) is 1. The number of benzene rings is 1. The van der Waals surface area contributed by atoms with E-state index in [1.165, 1.54) is 18.4 Å². The van der Waals surface area contributed by atoms with E-state index in [4.69, 9.17) is 5.73 Å². The summed E-state index contributed by atoms with van der Waals surface area (Å²) in [5.74, 6) is 0.407. The number of nitrogens with zero attached hydrogens (tertiary/aromatic N) is 4. The lowest BCUT2D eigenvalue weighted by Crippen LogP contribution is -2.23. The SMILES string of the molecule is CCCCN(CC)Cc1ccc(C=Nn2cc(C)nc2N)cc1. The van der Waals surface area contributed by atoms with Crippen molar-refractivity contribution in [3.05, 3.63) is 47.3 Å². The van der Waals surface area contributed by atoms with Gasteiger partial charge in [-0.15, -0.1) is 0 Å². The van der Waals surface area contributed by atoms with Crippen LogP contribution in [0.2, 0.25) is 0 Å². The molecular formula is C18H27N5. The molecule has 0 saturated heterocycles. The van der Waals surface area contributed by atoms with Crippen LogP contribution in [0.1, 0.15) is 43.5 Å². The molecule has 0 unspecified atom stereocenters. The molecule has 5 heteroatoms. The van der Waals surface area contributed by atoms with Crippen LogP contribution < -0.4 is 5.73 Å². The topological polar surface area (TPSA) is 59.4 Å². The zero-order valence-corrected chi connectivity index (χ0v) is 14.4. The molecule has 0 aliphatic heterocycles. The van der Waals surface area contributed by atoms with Crippen molar-refractivity contribution in [2.24, 2.45) is 5.10 Å². The molecule has 0 saturated carbocycles. The van der Waals surface area contributed by atoms with Gasteiger partial charge in [-0.3, -0.25) is 4.90 Å². The maximum atomic E-state index is 5.77. The second kappa shape index (κ2) is 8.48. The Morgan fingerprint density at radius 1 is 1.26 bits per heavy atom. The average Bonchev–Trinajstić information content (AvgIpc) is 2.88. The highest BCUT2D eigenvalue weighted by atomic mass is 15.4. The quantitative estimate of drug-likeness (QED) is 0.761. The molecule has 124 valence electrons. The van der Waals surface area contributed by atoms with Crippen molar-refractivity contribution in [1.29, 1.82) is 0 Å². The van der Waals surface area contributed by atoms with Crippen LogP contribution in [-0.2, 0) is 6.54 Å². The molecule has 23 heavy (non-hydrogen) atoms. The van der Waals surface area contributed by atoms with E-state index in [0.717, 1.165) is 30.9 Å². The van der Waals surface area contributed by atoms with Gasteiger partial charge in [-0.05, 0) is 37.6 Å². The van der Waals surface area contributed by atoms with E-state index >= 15 is 0 Å². The van der Waals surface area contributed by atoms with Gasteiger partial charge in [0.15, 0.2) is 0 Å². The second-order valence-corrected chi connectivity index (χ2v) is 5.79. The van der Waals surface area contributed by atoms with Gasteiger partial charge >= 0.3 is 0 Å². The maximum Gasteiger partial charge on any atom is 0.221 e. The van der Waals surface area contributed by atoms with Crippen molar-refractivity contribution in [3.8, 4) is 0 Å². The lowest BCUT2D eigenvalue weighted by molar-refractivity contribution is 0.275. The molecule has 1 heterocycles. The zero-order valence-electron chi connectivity index (χ0n) is 14.4. The van der Waals surface area contributed by atoms with Crippen molar-refractivity contribution < 1.29 is 0 Å². The highest BCUT2D eigenvalue weighted by Gasteiger charge is 2.03. The van der Waals surface area contributed by atoms with Crippen LogP contribution in [0, 0.1) is 6.92 Å². The van der Waals surface area contributed by atoms with E-state index in [1.54, 1.807) is 10.9 Å². The molecule has 2 aromatic rings. The van der Waals surface area contributed by atoms with Crippen molar-refractivity contribution in [3.63, 3.8) is 0 Å². The second-order valence-electron chi connectivity index (χ2n) is 5.79. The highest BCUT2D eigenvalue weighted by Crippen LogP contribution is 2.08. The van der Waals surface area contributed by atoms with Crippen molar-refractivity contribution in [1.82, 2.24) is 14.6 Å². The molecule has 2 N–H and O–H groups in total. The molecule has 0 radical (unpaired) electrons. The first kappa shape index (κ1) is 17.2. The molecule has 0 amide bonds. The lowest BCUT2D eigenvalue weighted by Gasteiger charge is -2.20. The van der Waals surface area contributed by atoms with E-state index in [1.807, 2.05) is 13.1 Å². The Labute approximate surface area is 138 Å². The van der Waals surface area contributed by atoms with E-state index in [2.05, 4.69) is 53.1 Å². The summed E-state index contributed by atoms with van der Waals surface area (Å²) in [5.41, 5.74) is 9.02. The number of rotatable bonds is 8. The van der Waals surface area contributed by atoms with Crippen molar-refractivity contribution in [2.45, 2.75) is 40.2 Å². The van der Waals surface area contributed by atoms with Crippen molar-refractivity contribution >= 4 is 12.2 Å². The molecule has 0 atom stereocenters. The third-order valence-electron chi connectivity index (χ3n) is 3.83. The fraction of sp³-hybridized carbons (Fsp3) is 0.444. The van der Waals surface area contributed by atoms with E-state index in [9.17, 15) is 0 Å². The smallest absolute Gasteiger partial charge is 0.221 e. The zero-order chi connectivity index (χ0) is 16.7. The molecule has 0 bridgehead atoms. The highest BCUT2D eigenvalue weighted by molar-refractivity contribution is 5.79. The molecular weight excluding hydrogens is 286 g/mol. The summed E-state index contributed by atoms with van der Waals surface area (Å²) in [6.45, 7) is 9.60. The summed E-state index contributed by atoms with van der Waals surface area (Å²) in [4.78, 5) is 6.60. The van der Waals surface area contributed by atoms with Crippen LogP contribution in [0.3, 0.4) is 0 Å². The number of nitrogen functional groups attached to an aromatic ring is 1. The first-order valence-electron chi connectivity index (χ1n) is 8.29. The Kier molecular flexibility index (Phi) is 6.35. The van der Waals surface area contributed by atoms with Gasteiger partial charge in [0.25, 0.3) is 0 Å². The fourth-order valence-electron chi connectivity index (χ4n) is 2.42. The maximum absolute atomic E-state index is 5.77. The summed E-state index contributed by atoms with van der Waals surface area (Å²) in [7, 11) is 0. The van der Waals surface area contributed by atoms with Gasteiger partial charge < -0.3 is 5.73 Å². The molecule has 5 nitrogen and oxygen atoms in total. The standard InChI is InChI=1S/C18H27N5/c1-4-6-11-22(5-2)14-17-9-7-16(8-10-17)12-20-23-13-15(3)21-18(23)19/h7-10,12-13H,4-6,11,14H2,1-3H3,(H2,19,21). The molecule has 0 spiro atoms.